The van der Waals surface area contributed by atoms with E-state index in [4.69, 9.17) is 34.8 Å². The van der Waals surface area contributed by atoms with E-state index in [9.17, 15) is 4.79 Å². The Morgan fingerprint density at radius 1 is 0.947 bits per heavy atom. The average Bonchev–Trinajstić information content (AvgIpc) is 2.36. The molecule has 0 aromatic heterocycles. The molecule has 0 aliphatic carbocycles. The van der Waals surface area contributed by atoms with E-state index in [1.165, 1.54) is 12.1 Å². The van der Waals surface area contributed by atoms with Crippen molar-refractivity contribution in [2.45, 2.75) is 4.90 Å². The Morgan fingerprint density at radius 3 is 2.16 bits per heavy atom. The van der Waals surface area contributed by atoms with Gasteiger partial charge in [-0.1, -0.05) is 34.8 Å². The van der Waals surface area contributed by atoms with E-state index in [0.717, 1.165) is 4.90 Å². The number of amides is 1. The summed E-state index contributed by atoms with van der Waals surface area (Å²) in [6.07, 6.45) is 0. The number of anilines is 1. The molecule has 0 heterocycles. The van der Waals surface area contributed by atoms with Gasteiger partial charge in [0.1, 0.15) is 0 Å². The molecule has 98 valence electrons. The summed E-state index contributed by atoms with van der Waals surface area (Å²) >= 11 is 21.8. The Morgan fingerprint density at radius 2 is 1.53 bits per heavy atom. The molecule has 0 unspecified atom stereocenters. The van der Waals surface area contributed by atoms with Crippen LogP contribution < -0.4 is 5.32 Å². The summed E-state index contributed by atoms with van der Waals surface area (Å²) in [6, 6.07) is 9.80. The molecule has 0 bridgehead atoms. The predicted molar refractivity (Wildman–Crippen MR) is 83.1 cm³/mol. The molecule has 0 saturated heterocycles. The number of carbonyl (C=O) groups is 1. The molecule has 0 aliphatic heterocycles. The number of halogens is 3. The van der Waals surface area contributed by atoms with Gasteiger partial charge in [0.25, 0.3) is 5.91 Å². The quantitative estimate of drug-likeness (QED) is 0.575. The lowest BCUT2D eigenvalue weighted by Crippen LogP contribution is -2.12. The number of carbonyl (C=O) groups excluding carboxylic acids is 1. The summed E-state index contributed by atoms with van der Waals surface area (Å²) in [4.78, 5) is 12.8. The highest BCUT2D eigenvalue weighted by Gasteiger charge is 2.10. The van der Waals surface area contributed by atoms with Gasteiger partial charge in [0.05, 0.1) is 20.8 Å². The molecular weight excluding hydrogens is 325 g/mol. The molecule has 1 amide bonds. The molecule has 0 atom stereocenters. The van der Waals surface area contributed by atoms with Crippen molar-refractivity contribution < 1.29 is 4.79 Å². The van der Waals surface area contributed by atoms with Crippen molar-refractivity contribution in [3.63, 3.8) is 0 Å². The summed E-state index contributed by atoms with van der Waals surface area (Å²) < 4.78 is 0. The second-order valence-electron chi connectivity index (χ2n) is 3.75. The van der Waals surface area contributed by atoms with Crippen LogP contribution in [0.1, 0.15) is 10.4 Å². The monoisotopic (exact) mass is 331 g/mol. The van der Waals surface area contributed by atoms with Gasteiger partial charge in [-0.25, -0.2) is 0 Å². The van der Waals surface area contributed by atoms with Crippen LogP contribution in [0, 0.1) is 0 Å². The molecule has 0 aliphatic rings. The van der Waals surface area contributed by atoms with Crippen molar-refractivity contribution in [1.29, 1.82) is 0 Å². The van der Waals surface area contributed by atoms with E-state index < -0.39 is 0 Å². The average molecular weight is 333 g/mol. The van der Waals surface area contributed by atoms with Crippen LogP contribution in [0.2, 0.25) is 15.1 Å². The smallest absolute Gasteiger partial charge is 0.255 e. The SMILES string of the molecule is O=C(Nc1cc(Cl)c(Cl)cc1Cl)c1ccc(S)cc1. The van der Waals surface area contributed by atoms with Gasteiger partial charge in [-0.2, -0.15) is 0 Å². The van der Waals surface area contributed by atoms with E-state index in [1.54, 1.807) is 24.3 Å². The van der Waals surface area contributed by atoms with Crippen LogP contribution in [-0.4, -0.2) is 5.91 Å². The standard InChI is InChI=1S/C13H8Cl3NOS/c14-9-5-11(16)12(6-10(9)15)17-13(18)7-1-3-8(19)4-2-7/h1-6,19H,(H,17,18). The van der Waals surface area contributed by atoms with E-state index in [2.05, 4.69) is 17.9 Å². The highest BCUT2D eigenvalue weighted by molar-refractivity contribution is 7.80. The van der Waals surface area contributed by atoms with Gasteiger partial charge in [0, 0.05) is 10.5 Å². The summed E-state index contributed by atoms with van der Waals surface area (Å²) in [5, 5.41) is 3.67. The molecule has 0 radical (unpaired) electrons. The lowest BCUT2D eigenvalue weighted by Gasteiger charge is -2.09. The number of hydrogen-bond donors (Lipinski definition) is 2. The zero-order valence-electron chi connectivity index (χ0n) is 9.45. The van der Waals surface area contributed by atoms with Crippen molar-refractivity contribution in [2.24, 2.45) is 0 Å². The second kappa shape index (κ2) is 6.06. The molecule has 2 aromatic carbocycles. The third kappa shape index (κ3) is 3.57. The van der Waals surface area contributed by atoms with Crippen LogP contribution in [0.15, 0.2) is 41.3 Å². The van der Waals surface area contributed by atoms with E-state index in [-0.39, 0.29) is 5.91 Å². The maximum atomic E-state index is 12.0. The van der Waals surface area contributed by atoms with Gasteiger partial charge in [0.2, 0.25) is 0 Å². The van der Waals surface area contributed by atoms with Gasteiger partial charge < -0.3 is 5.32 Å². The molecule has 6 heteroatoms. The Kier molecular flexibility index (Phi) is 4.63. The molecule has 2 nitrogen and oxygen atoms in total. The molecular formula is C13H8Cl3NOS. The van der Waals surface area contributed by atoms with E-state index in [0.29, 0.717) is 26.3 Å². The molecule has 2 rings (SSSR count). The highest BCUT2D eigenvalue weighted by Crippen LogP contribution is 2.32. The normalized spacial score (nSPS) is 10.3. The Bertz CT molecular complexity index is 629. The van der Waals surface area contributed by atoms with Crippen molar-refractivity contribution in [1.82, 2.24) is 0 Å². The van der Waals surface area contributed by atoms with Crippen LogP contribution in [0.25, 0.3) is 0 Å². The minimum absolute atomic E-state index is 0.284. The first kappa shape index (κ1) is 14.5. The van der Waals surface area contributed by atoms with Crippen molar-refractivity contribution in [3.05, 3.63) is 57.0 Å². The predicted octanol–water partition coefficient (Wildman–Crippen LogP) is 5.19. The van der Waals surface area contributed by atoms with Gasteiger partial charge >= 0.3 is 0 Å². The fraction of sp³-hybridized carbons (Fsp3) is 0. The first-order valence-electron chi connectivity index (χ1n) is 5.22. The topological polar surface area (TPSA) is 29.1 Å². The lowest BCUT2D eigenvalue weighted by atomic mass is 10.2. The molecule has 0 saturated carbocycles. The van der Waals surface area contributed by atoms with E-state index >= 15 is 0 Å². The fourth-order valence-corrected chi connectivity index (χ4v) is 2.17. The number of benzene rings is 2. The molecule has 19 heavy (non-hydrogen) atoms. The molecule has 0 spiro atoms. The minimum atomic E-state index is -0.284. The molecule has 1 N–H and O–H groups in total. The van der Waals surface area contributed by atoms with Crippen LogP contribution in [-0.2, 0) is 0 Å². The summed E-state index contributed by atoms with van der Waals surface area (Å²) in [7, 11) is 0. The largest absolute Gasteiger partial charge is 0.321 e. The van der Waals surface area contributed by atoms with Crippen molar-refractivity contribution in [2.75, 3.05) is 5.32 Å². The maximum Gasteiger partial charge on any atom is 0.255 e. The van der Waals surface area contributed by atoms with Gasteiger partial charge in [0.15, 0.2) is 0 Å². The van der Waals surface area contributed by atoms with E-state index in [1.807, 2.05) is 0 Å². The second-order valence-corrected chi connectivity index (χ2v) is 5.49. The molecule has 0 fully saturated rings. The number of nitrogens with one attached hydrogen (secondary N) is 1. The van der Waals surface area contributed by atoms with Gasteiger partial charge in [-0.15, -0.1) is 12.6 Å². The lowest BCUT2D eigenvalue weighted by molar-refractivity contribution is 0.102. The fourth-order valence-electron chi connectivity index (χ4n) is 1.43. The van der Waals surface area contributed by atoms with Gasteiger partial charge in [-0.3, -0.25) is 4.79 Å². The van der Waals surface area contributed by atoms with Crippen LogP contribution in [0.4, 0.5) is 5.69 Å². The number of hydrogen-bond acceptors (Lipinski definition) is 2. The zero-order valence-corrected chi connectivity index (χ0v) is 12.6. The van der Waals surface area contributed by atoms with Crippen molar-refractivity contribution >= 4 is 59.0 Å². The Hall–Kier alpha value is -0.870. The van der Waals surface area contributed by atoms with Gasteiger partial charge in [-0.05, 0) is 36.4 Å². The summed E-state index contributed by atoms with van der Waals surface area (Å²) in [5.74, 6) is -0.284. The third-order valence-corrected chi connectivity index (χ3v) is 3.72. The minimum Gasteiger partial charge on any atom is -0.321 e. The number of rotatable bonds is 2. The van der Waals surface area contributed by atoms with Crippen LogP contribution in [0.5, 0.6) is 0 Å². The number of thiol groups is 1. The highest BCUT2D eigenvalue weighted by atomic mass is 35.5. The maximum absolute atomic E-state index is 12.0. The Balaban J connectivity index is 2.24. The first-order chi connectivity index (χ1) is 8.97. The third-order valence-electron chi connectivity index (χ3n) is 2.39. The summed E-state index contributed by atoms with van der Waals surface area (Å²) in [6.45, 7) is 0. The zero-order chi connectivity index (χ0) is 14.0. The van der Waals surface area contributed by atoms with Crippen molar-refractivity contribution in [3.8, 4) is 0 Å². The first-order valence-corrected chi connectivity index (χ1v) is 6.80. The Labute approximate surface area is 131 Å². The molecule has 2 aromatic rings. The van der Waals surface area contributed by atoms with Crippen LogP contribution in [0.3, 0.4) is 0 Å². The van der Waals surface area contributed by atoms with Crippen LogP contribution >= 0.6 is 47.4 Å². The summed E-state index contributed by atoms with van der Waals surface area (Å²) in [5.41, 5.74) is 0.913.